The van der Waals surface area contributed by atoms with E-state index in [4.69, 9.17) is 0 Å². The summed E-state index contributed by atoms with van der Waals surface area (Å²) < 4.78 is 0. The Morgan fingerprint density at radius 2 is 1.39 bits per heavy atom. The van der Waals surface area contributed by atoms with Gasteiger partial charge in [-0.3, -0.25) is 10.1 Å². The van der Waals surface area contributed by atoms with Gasteiger partial charge in [0.2, 0.25) is 0 Å². The number of amides is 3. The maximum Gasteiger partial charge on any atom is 0.321 e. The van der Waals surface area contributed by atoms with E-state index >= 15 is 0 Å². The molecule has 23 heavy (non-hydrogen) atoms. The molecule has 2 aromatic rings. The molecule has 0 bridgehead atoms. The van der Waals surface area contributed by atoms with E-state index in [1.807, 2.05) is 66.0 Å². The van der Waals surface area contributed by atoms with Crippen LogP contribution in [0.4, 0.5) is 4.79 Å². The van der Waals surface area contributed by atoms with Crippen LogP contribution in [-0.4, -0.2) is 25.0 Å². The van der Waals surface area contributed by atoms with Gasteiger partial charge in [0.1, 0.15) is 6.04 Å². The minimum atomic E-state index is -0.494. The standard InChI is InChI=1S/C18H21N3O2/c1-13(17(22)21-18(23)19-2)20-16(14-9-5-3-6-10-14)15-11-7-4-8-12-15/h3-13,16,20H,1-2H3,(H2,19,21,22,23)/p+1/t13-/m1/s1. The average Bonchev–Trinajstić information content (AvgIpc) is 2.60. The monoisotopic (exact) mass is 312 g/mol. The number of imide groups is 1. The third-order valence-electron chi connectivity index (χ3n) is 3.68. The molecule has 0 aliphatic rings. The van der Waals surface area contributed by atoms with Gasteiger partial charge in [0, 0.05) is 18.2 Å². The van der Waals surface area contributed by atoms with Gasteiger partial charge in [-0.25, -0.2) is 4.79 Å². The molecule has 120 valence electrons. The number of benzene rings is 2. The lowest BCUT2D eigenvalue weighted by Crippen LogP contribution is -2.93. The third-order valence-corrected chi connectivity index (χ3v) is 3.68. The largest absolute Gasteiger partial charge is 0.341 e. The fourth-order valence-corrected chi connectivity index (χ4v) is 2.40. The number of hydrogen-bond donors (Lipinski definition) is 3. The van der Waals surface area contributed by atoms with Gasteiger partial charge in [-0.1, -0.05) is 60.7 Å². The summed E-state index contributed by atoms with van der Waals surface area (Å²) in [5.74, 6) is -0.318. The molecule has 5 nitrogen and oxygen atoms in total. The van der Waals surface area contributed by atoms with Crippen molar-refractivity contribution < 1.29 is 14.9 Å². The summed E-state index contributed by atoms with van der Waals surface area (Å²) in [6.45, 7) is 1.79. The zero-order valence-electron chi connectivity index (χ0n) is 13.3. The van der Waals surface area contributed by atoms with E-state index in [1.165, 1.54) is 7.05 Å². The Bertz CT molecular complexity index is 604. The first-order valence-corrected chi connectivity index (χ1v) is 7.59. The fraction of sp³-hybridized carbons (Fsp3) is 0.222. The first-order chi connectivity index (χ1) is 11.1. The number of urea groups is 1. The highest BCUT2D eigenvalue weighted by molar-refractivity contribution is 5.95. The highest BCUT2D eigenvalue weighted by atomic mass is 16.2. The lowest BCUT2D eigenvalue weighted by molar-refractivity contribution is -0.704. The van der Waals surface area contributed by atoms with Gasteiger partial charge in [-0.15, -0.1) is 0 Å². The second kappa shape index (κ2) is 8.10. The molecule has 3 amide bonds. The van der Waals surface area contributed by atoms with Gasteiger partial charge in [0.25, 0.3) is 5.91 Å². The summed E-state index contributed by atoms with van der Waals surface area (Å²) in [6, 6.07) is 19.1. The second-order valence-electron chi connectivity index (χ2n) is 5.35. The minimum Gasteiger partial charge on any atom is -0.341 e. The predicted molar refractivity (Wildman–Crippen MR) is 88.7 cm³/mol. The SMILES string of the molecule is CNC(=O)NC(=O)[C@@H](C)[NH2+]C(c1ccccc1)c1ccccc1. The van der Waals surface area contributed by atoms with Gasteiger partial charge >= 0.3 is 6.03 Å². The van der Waals surface area contributed by atoms with Gasteiger partial charge < -0.3 is 10.6 Å². The van der Waals surface area contributed by atoms with Crippen molar-refractivity contribution in [2.75, 3.05) is 7.05 Å². The van der Waals surface area contributed by atoms with Crippen molar-refractivity contribution in [1.29, 1.82) is 0 Å². The van der Waals surface area contributed by atoms with Gasteiger partial charge in [-0.2, -0.15) is 0 Å². The Kier molecular flexibility index (Phi) is 5.88. The molecule has 2 rings (SSSR count). The molecule has 0 aliphatic carbocycles. The van der Waals surface area contributed by atoms with Crippen LogP contribution in [0.5, 0.6) is 0 Å². The first kappa shape index (κ1) is 16.7. The Balaban J connectivity index is 2.19. The molecule has 0 radical (unpaired) electrons. The van der Waals surface area contributed by atoms with Crippen molar-refractivity contribution in [2.45, 2.75) is 19.0 Å². The molecule has 0 saturated heterocycles. The van der Waals surface area contributed by atoms with E-state index in [1.54, 1.807) is 6.92 Å². The van der Waals surface area contributed by atoms with E-state index in [2.05, 4.69) is 10.6 Å². The summed E-state index contributed by atoms with van der Waals surface area (Å²) in [5.41, 5.74) is 2.22. The van der Waals surface area contributed by atoms with Crippen LogP contribution in [-0.2, 0) is 4.79 Å². The molecule has 4 N–H and O–H groups in total. The van der Waals surface area contributed by atoms with Crippen molar-refractivity contribution in [3.05, 3.63) is 71.8 Å². The van der Waals surface area contributed by atoms with Crippen molar-refractivity contribution in [1.82, 2.24) is 10.6 Å². The zero-order valence-corrected chi connectivity index (χ0v) is 13.3. The number of quaternary nitrogens is 1. The van der Waals surface area contributed by atoms with Gasteiger partial charge in [-0.05, 0) is 6.92 Å². The van der Waals surface area contributed by atoms with Crippen LogP contribution in [0.25, 0.3) is 0 Å². The second-order valence-corrected chi connectivity index (χ2v) is 5.35. The zero-order chi connectivity index (χ0) is 16.7. The number of rotatable bonds is 5. The molecule has 0 fully saturated rings. The van der Waals surface area contributed by atoms with Crippen LogP contribution >= 0.6 is 0 Å². The smallest absolute Gasteiger partial charge is 0.321 e. The summed E-state index contributed by atoms with van der Waals surface area (Å²) in [5, 5.41) is 6.66. The van der Waals surface area contributed by atoms with Crippen LogP contribution in [0.3, 0.4) is 0 Å². The molecule has 1 atom stereocenters. The van der Waals surface area contributed by atoms with Crippen LogP contribution < -0.4 is 16.0 Å². The van der Waals surface area contributed by atoms with Crippen molar-refractivity contribution >= 4 is 11.9 Å². The third kappa shape index (κ3) is 4.66. The minimum absolute atomic E-state index is 0.0113. The molecule has 2 aromatic carbocycles. The van der Waals surface area contributed by atoms with Gasteiger partial charge in [0.15, 0.2) is 6.04 Å². The van der Waals surface area contributed by atoms with Crippen LogP contribution in [0, 0.1) is 0 Å². The highest BCUT2D eigenvalue weighted by Crippen LogP contribution is 2.17. The van der Waals surface area contributed by atoms with Crippen LogP contribution in [0.2, 0.25) is 0 Å². The van der Waals surface area contributed by atoms with Crippen molar-refractivity contribution in [2.24, 2.45) is 0 Å². The lowest BCUT2D eigenvalue weighted by atomic mass is 9.98. The predicted octanol–water partition coefficient (Wildman–Crippen LogP) is 1.18. The van der Waals surface area contributed by atoms with Crippen LogP contribution in [0.1, 0.15) is 24.1 Å². The van der Waals surface area contributed by atoms with E-state index in [-0.39, 0.29) is 11.9 Å². The Labute approximate surface area is 136 Å². The van der Waals surface area contributed by atoms with Gasteiger partial charge in [0.05, 0.1) is 0 Å². The summed E-state index contributed by atoms with van der Waals surface area (Å²) >= 11 is 0. The molecule has 0 spiro atoms. The summed E-state index contributed by atoms with van der Waals surface area (Å²) in [6.07, 6.45) is 0. The average molecular weight is 312 g/mol. The van der Waals surface area contributed by atoms with Crippen LogP contribution in [0.15, 0.2) is 60.7 Å². The fourth-order valence-electron chi connectivity index (χ4n) is 2.40. The number of carbonyl (C=O) groups excluding carboxylic acids is 2. The first-order valence-electron chi connectivity index (χ1n) is 7.59. The topological polar surface area (TPSA) is 74.8 Å². The molecule has 0 unspecified atom stereocenters. The molecule has 0 saturated carbocycles. The number of nitrogens with two attached hydrogens (primary N) is 1. The molecule has 0 heterocycles. The molecular formula is C18H22N3O2+. The number of hydrogen-bond acceptors (Lipinski definition) is 2. The molecular weight excluding hydrogens is 290 g/mol. The molecule has 0 aromatic heterocycles. The molecule has 0 aliphatic heterocycles. The normalized spacial score (nSPS) is 11.8. The summed E-state index contributed by atoms with van der Waals surface area (Å²) in [7, 11) is 1.48. The maximum atomic E-state index is 12.1. The quantitative estimate of drug-likeness (QED) is 0.775. The number of nitrogens with one attached hydrogen (secondary N) is 2. The van der Waals surface area contributed by atoms with E-state index in [0.29, 0.717) is 0 Å². The lowest BCUT2D eigenvalue weighted by Gasteiger charge is -2.20. The van der Waals surface area contributed by atoms with Crippen molar-refractivity contribution in [3.63, 3.8) is 0 Å². The van der Waals surface area contributed by atoms with E-state index in [9.17, 15) is 9.59 Å². The molecule has 5 heteroatoms. The van der Waals surface area contributed by atoms with Crippen molar-refractivity contribution in [3.8, 4) is 0 Å². The Morgan fingerprint density at radius 3 is 1.83 bits per heavy atom. The Hall–Kier alpha value is -2.66. The van der Waals surface area contributed by atoms with E-state index in [0.717, 1.165) is 11.1 Å². The van der Waals surface area contributed by atoms with E-state index < -0.39 is 12.1 Å². The Morgan fingerprint density at radius 1 is 0.913 bits per heavy atom. The highest BCUT2D eigenvalue weighted by Gasteiger charge is 2.25. The number of carbonyl (C=O) groups is 2. The summed E-state index contributed by atoms with van der Waals surface area (Å²) in [4.78, 5) is 23.4. The maximum absolute atomic E-state index is 12.1.